The Balaban J connectivity index is 1.93. The molecule has 0 bridgehead atoms. The first kappa shape index (κ1) is 13.4. The predicted octanol–water partition coefficient (Wildman–Crippen LogP) is -0.292. The maximum absolute atomic E-state index is 12.1. The lowest BCUT2D eigenvalue weighted by atomic mass is 10.2. The minimum Gasteiger partial charge on any atom is -0.480 e. The molecule has 1 aromatic heterocycles. The van der Waals surface area contributed by atoms with E-state index in [-0.39, 0.29) is 5.91 Å². The first-order valence-corrected chi connectivity index (χ1v) is 6.12. The summed E-state index contributed by atoms with van der Waals surface area (Å²) < 4.78 is 0. The monoisotopic (exact) mass is 264 g/mol. The van der Waals surface area contributed by atoms with Crippen LogP contribution in [-0.4, -0.2) is 69.2 Å². The van der Waals surface area contributed by atoms with E-state index in [0.717, 1.165) is 0 Å². The molecule has 19 heavy (non-hydrogen) atoms. The third-order valence-electron chi connectivity index (χ3n) is 3.34. The molecule has 2 heterocycles. The van der Waals surface area contributed by atoms with E-state index in [1.54, 1.807) is 17.9 Å². The Morgan fingerprint density at radius 2 is 1.95 bits per heavy atom. The molecule has 7 nitrogen and oxygen atoms in total. The molecule has 1 amide bonds. The molecule has 0 aliphatic carbocycles. The molecule has 1 atom stereocenters. The number of aliphatic carboxylic acids is 1. The van der Waals surface area contributed by atoms with Crippen LogP contribution in [0.4, 0.5) is 0 Å². The van der Waals surface area contributed by atoms with E-state index in [1.165, 1.54) is 12.4 Å². The molecule has 0 radical (unpaired) electrons. The highest BCUT2D eigenvalue weighted by Crippen LogP contribution is 2.10. The van der Waals surface area contributed by atoms with E-state index in [4.69, 9.17) is 5.11 Å². The van der Waals surface area contributed by atoms with Crippen molar-refractivity contribution in [2.75, 3.05) is 26.2 Å². The van der Waals surface area contributed by atoms with Gasteiger partial charge in [0.1, 0.15) is 6.04 Å². The largest absolute Gasteiger partial charge is 0.480 e. The van der Waals surface area contributed by atoms with E-state index in [9.17, 15) is 9.59 Å². The van der Waals surface area contributed by atoms with Gasteiger partial charge in [0.15, 0.2) is 0 Å². The van der Waals surface area contributed by atoms with Gasteiger partial charge in [-0.15, -0.1) is 0 Å². The quantitative estimate of drug-likeness (QED) is 0.807. The highest BCUT2D eigenvalue weighted by molar-refractivity contribution is 5.93. The van der Waals surface area contributed by atoms with Crippen molar-refractivity contribution < 1.29 is 14.7 Å². The molecular formula is C12H16N4O3. The Labute approximate surface area is 110 Å². The highest BCUT2D eigenvalue weighted by Gasteiger charge is 2.27. The van der Waals surface area contributed by atoms with Crippen LogP contribution < -0.4 is 0 Å². The van der Waals surface area contributed by atoms with Gasteiger partial charge < -0.3 is 10.0 Å². The number of aromatic nitrogens is 2. The zero-order valence-corrected chi connectivity index (χ0v) is 10.7. The van der Waals surface area contributed by atoms with Crippen molar-refractivity contribution in [3.05, 3.63) is 24.0 Å². The molecule has 7 heteroatoms. The number of carboxylic acid groups (broad SMARTS) is 1. The number of carbonyl (C=O) groups is 2. The maximum atomic E-state index is 12.1. The zero-order valence-electron chi connectivity index (χ0n) is 10.7. The van der Waals surface area contributed by atoms with Crippen molar-refractivity contribution in [3.8, 4) is 0 Å². The molecule has 1 aromatic rings. The summed E-state index contributed by atoms with van der Waals surface area (Å²) in [7, 11) is 0. The van der Waals surface area contributed by atoms with Gasteiger partial charge in [-0.25, -0.2) is 0 Å². The summed E-state index contributed by atoms with van der Waals surface area (Å²) in [5, 5.41) is 16.3. The lowest BCUT2D eigenvalue weighted by Crippen LogP contribution is -2.53. The Kier molecular flexibility index (Phi) is 4.06. The minimum atomic E-state index is -0.835. The molecule has 1 aliphatic rings. The van der Waals surface area contributed by atoms with E-state index in [1.807, 2.05) is 4.90 Å². The van der Waals surface area contributed by atoms with Crippen LogP contribution in [0.25, 0.3) is 0 Å². The van der Waals surface area contributed by atoms with Gasteiger partial charge in [-0.2, -0.15) is 10.2 Å². The Bertz CT molecular complexity index is 457. The number of rotatable bonds is 3. The Morgan fingerprint density at radius 3 is 2.47 bits per heavy atom. The minimum absolute atomic E-state index is 0.0856. The van der Waals surface area contributed by atoms with Gasteiger partial charge in [0.05, 0.1) is 18.0 Å². The van der Waals surface area contributed by atoms with Crippen LogP contribution in [-0.2, 0) is 4.79 Å². The number of carbonyl (C=O) groups excluding carboxylic acids is 1. The van der Waals surface area contributed by atoms with Gasteiger partial charge in [0.2, 0.25) is 0 Å². The summed E-state index contributed by atoms with van der Waals surface area (Å²) in [4.78, 5) is 26.6. The summed E-state index contributed by atoms with van der Waals surface area (Å²) in [6, 6.07) is 1.11. The number of hydrogen-bond acceptors (Lipinski definition) is 5. The van der Waals surface area contributed by atoms with Crippen LogP contribution in [0, 0.1) is 0 Å². The third-order valence-corrected chi connectivity index (χ3v) is 3.34. The van der Waals surface area contributed by atoms with Gasteiger partial charge in [0, 0.05) is 26.2 Å². The van der Waals surface area contributed by atoms with Gasteiger partial charge in [0.25, 0.3) is 5.91 Å². The summed E-state index contributed by atoms with van der Waals surface area (Å²) in [5.74, 6) is -0.921. The van der Waals surface area contributed by atoms with Gasteiger partial charge in [-0.3, -0.25) is 14.5 Å². The number of nitrogens with zero attached hydrogens (tertiary/aromatic N) is 4. The van der Waals surface area contributed by atoms with Crippen molar-refractivity contribution in [2.45, 2.75) is 13.0 Å². The SMILES string of the molecule is CC(C(=O)O)N1CCN(C(=O)c2ccnnc2)CC1. The second-order valence-electron chi connectivity index (χ2n) is 4.47. The molecule has 0 spiro atoms. The standard InChI is InChI=1S/C12H16N4O3/c1-9(12(18)19)15-4-6-16(7-5-15)11(17)10-2-3-13-14-8-10/h2-3,8-9H,4-7H2,1H3,(H,18,19). The van der Waals surface area contributed by atoms with Crippen LogP contribution in [0.5, 0.6) is 0 Å². The van der Waals surface area contributed by atoms with Crippen LogP contribution in [0.1, 0.15) is 17.3 Å². The summed E-state index contributed by atoms with van der Waals surface area (Å²) in [6.45, 7) is 3.85. The van der Waals surface area contributed by atoms with Crippen molar-refractivity contribution in [3.63, 3.8) is 0 Å². The van der Waals surface area contributed by atoms with E-state index < -0.39 is 12.0 Å². The zero-order chi connectivity index (χ0) is 13.8. The van der Waals surface area contributed by atoms with Crippen LogP contribution in [0.15, 0.2) is 18.5 Å². The normalized spacial score (nSPS) is 18.1. The number of piperazine rings is 1. The summed E-state index contributed by atoms with van der Waals surface area (Å²) in [6.07, 6.45) is 2.92. The molecule has 0 saturated carbocycles. The fourth-order valence-electron chi connectivity index (χ4n) is 2.07. The smallest absolute Gasteiger partial charge is 0.320 e. The molecule has 2 rings (SSSR count). The average molecular weight is 264 g/mol. The summed E-state index contributed by atoms with van der Waals surface area (Å²) >= 11 is 0. The fourth-order valence-corrected chi connectivity index (χ4v) is 2.07. The van der Waals surface area contributed by atoms with Crippen molar-refractivity contribution in [2.24, 2.45) is 0 Å². The van der Waals surface area contributed by atoms with E-state index in [2.05, 4.69) is 10.2 Å². The molecule has 1 saturated heterocycles. The second-order valence-corrected chi connectivity index (χ2v) is 4.47. The first-order chi connectivity index (χ1) is 9.09. The van der Waals surface area contributed by atoms with Crippen LogP contribution >= 0.6 is 0 Å². The molecule has 1 aliphatic heterocycles. The van der Waals surface area contributed by atoms with Crippen molar-refractivity contribution >= 4 is 11.9 Å². The topological polar surface area (TPSA) is 86.6 Å². The maximum Gasteiger partial charge on any atom is 0.320 e. The molecule has 102 valence electrons. The van der Waals surface area contributed by atoms with E-state index >= 15 is 0 Å². The van der Waals surface area contributed by atoms with Crippen molar-refractivity contribution in [1.82, 2.24) is 20.0 Å². The fraction of sp³-hybridized carbons (Fsp3) is 0.500. The highest BCUT2D eigenvalue weighted by atomic mass is 16.4. The van der Waals surface area contributed by atoms with Gasteiger partial charge >= 0.3 is 5.97 Å². The van der Waals surface area contributed by atoms with Gasteiger partial charge in [-0.05, 0) is 13.0 Å². The number of carboxylic acids is 1. The second kappa shape index (κ2) is 5.75. The number of amides is 1. The molecule has 0 aromatic carbocycles. The molecule has 1 unspecified atom stereocenters. The predicted molar refractivity (Wildman–Crippen MR) is 66.6 cm³/mol. The lowest BCUT2D eigenvalue weighted by Gasteiger charge is -2.36. The Morgan fingerprint density at radius 1 is 1.26 bits per heavy atom. The molecule has 1 fully saturated rings. The first-order valence-electron chi connectivity index (χ1n) is 6.12. The number of hydrogen-bond donors (Lipinski definition) is 1. The third kappa shape index (κ3) is 3.05. The van der Waals surface area contributed by atoms with Crippen LogP contribution in [0.2, 0.25) is 0 Å². The molecular weight excluding hydrogens is 248 g/mol. The lowest BCUT2D eigenvalue weighted by molar-refractivity contribution is -0.143. The van der Waals surface area contributed by atoms with Crippen LogP contribution in [0.3, 0.4) is 0 Å². The van der Waals surface area contributed by atoms with E-state index in [0.29, 0.717) is 31.7 Å². The summed E-state index contributed by atoms with van der Waals surface area (Å²) in [5.41, 5.74) is 0.509. The van der Waals surface area contributed by atoms with Crippen molar-refractivity contribution in [1.29, 1.82) is 0 Å². The Hall–Kier alpha value is -2.02. The molecule has 1 N–H and O–H groups in total. The average Bonchev–Trinajstić information content (AvgIpc) is 2.46. The van der Waals surface area contributed by atoms with Gasteiger partial charge in [-0.1, -0.05) is 0 Å².